The molecule has 1 fully saturated rings. The number of carbonyl (C=O) groups is 1. The minimum absolute atomic E-state index is 0.0876. The van der Waals surface area contributed by atoms with Crippen LogP contribution in [0.2, 0.25) is 0 Å². The number of pyridine rings is 1. The van der Waals surface area contributed by atoms with Gasteiger partial charge in [0, 0.05) is 18.5 Å². The van der Waals surface area contributed by atoms with Gasteiger partial charge in [-0.1, -0.05) is 31.5 Å². The molecule has 108 valence electrons. The molecule has 1 unspecified atom stereocenters. The van der Waals surface area contributed by atoms with E-state index in [2.05, 4.69) is 10.3 Å². The van der Waals surface area contributed by atoms with Gasteiger partial charge in [-0.25, -0.2) is 0 Å². The van der Waals surface area contributed by atoms with Gasteiger partial charge in [-0.15, -0.1) is 0 Å². The lowest BCUT2D eigenvalue weighted by molar-refractivity contribution is 0.0930. The summed E-state index contributed by atoms with van der Waals surface area (Å²) in [6, 6.07) is 0.989. The first-order chi connectivity index (χ1) is 9.59. The molecule has 1 aromatic heterocycles. The molecule has 1 amide bonds. The highest BCUT2D eigenvalue weighted by atomic mass is 32.1. The maximum absolute atomic E-state index is 12.2. The summed E-state index contributed by atoms with van der Waals surface area (Å²) in [6.45, 7) is 0. The van der Waals surface area contributed by atoms with E-state index in [0.29, 0.717) is 0 Å². The maximum Gasteiger partial charge on any atom is 0.257 e. The molecule has 5 nitrogen and oxygen atoms in total. The molecule has 1 atom stereocenters. The Bertz CT molecular complexity index is 549. The number of aromatic amines is 1. The van der Waals surface area contributed by atoms with E-state index in [1.54, 1.807) is 0 Å². The highest BCUT2D eigenvalue weighted by Gasteiger charge is 2.27. The first-order valence-electron chi connectivity index (χ1n) is 6.87. The van der Waals surface area contributed by atoms with Gasteiger partial charge in [-0.05, 0) is 18.8 Å². The van der Waals surface area contributed by atoms with Crippen LogP contribution in [0.15, 0.2) is 23.3 Å². The Morgan fingerprint density at radius 3 is 2.70 bits per heavy atom. The smallest absolute Gasteiger partial charge is 0.257 e. The van der Waals surface area contributed by atoms with E-state index in [4.69, 9.17) is 18.0 Å². The Labute approximate surface area is 123 Å². The fraction of sp³-hybridized carbons (Fsp3) is 0.500. The molecule has 1 aliphatic carbocycles. The highest BCUT2D eigenvalue weighted by Crippen LogP contribution is 2.26. The molecule has 6 heteroatoms. The van der Waals surface area contributed by atoms with Crippen LogP contribution in [0, 0.1) is 5.92 Å². The van der Waals surface area contributed by atoms with Gasteiger partial charge < -0.3 is 16.0 Å². The van der Waals surface area contributed by atoms with E-state index in [1.165, 1.54) is 24.9 Å². The summed E-state index contributed by atoms with van der Waals surface area (Å²) >= 11 is 5.08. The molecule has 0 aromatic carbocycles. The third-order valence-corrected chi connectivity index (χ3v) is 4.04. The van der Waals surface area contributed by atoms with Gasteiger partial charge in [0.2, 0.25) is 0 Å². The Morgan fingerprint density at radius 2 is 2.10 bits per heavy atom. The van der Waals surface area contributed by atoms with Crippen molar-refractivity contribution in [2.24, 2.45) is 11.7 Å². The van der Waals surface area contributed by atoms with E-state index in [9.17, 15) is 9.59 Å². The lowest BCUT2D eigenvalue weighted by Gasteiger charge is -2.30. The van der Waals surface area contributed by atoms with Crippen molar-refractivity contribution in [2.45, 2.75) is 38.1 Å². The predicted octanol–water partition coefficient (Wildman–Crippen LogP) is 1.34. The molecule has 1 heterocycles. The van der Waals surface area contributed by atoms with Crippen LogP contribution in [0.4, 0.5) is 0 Å². The lowest BCUT2D eigenvalue weighted by Crippen LogP contribution is -2.49. The van der Waals surface area contributed by atoms with Gasteiger partial charge in [-0.2, -0.15) is 0 Å². The van der Waals surface area contributed by atoms with Crippen molar-refractivity contribution in [1.29, 1.82) is 0 Å². The third kappa shape index (κ3) is 3.45. The molecule has 0 bridgehead atoms. The number of carbonyl (C=O) groups excluding carboxylic acids is 1. The Hall–Kier alpha value is -1.69. The number of aromatic nitrogens is 1. The number of thiocarbonyl (C=S) groups is 1. The third-order valence-electron chi connectivity index (χ3n) is 3.78. The summed E-state index contributed by atoms with van der Waals surface area (Å²) in [5.74, 6) is -0.150. The van der Waals surface area contributed by atoms with Crippen molar-refractivity contribution in [3.63, 3.8) is 0 Å². The van der Waals surface area contributed by atoms with Gasteiger partial charge in [0.1, 0.15) is 5.56 Å². The van der Waals surface area contributed by atoms with Gasteiger partial charge in [0.25, 0.3) is 5.91 Å². The van der Waals surface area contributed by atoms with Crippen LogP contribution in [-0.4, -0.2) is 21.9 Å². The predicted molar refractivity (Wildman–Crippen MR) is 81.7 cm³/mol. The van der Waals surface area contributed by atoms with Gasteiger partial charge in [0.15, 0.2) is 5.43 Å². The van der Waals surface area contributed by atoms with Crippen LogP contribution in [0.1, 0.15) is 42.5 Å². The number of H-pyrrole nitrogens is 1. The minimum Gasteiger partial charge on any atom is -0.392 e. The van der Waals surface area contributed by atoms with Crippen LogP contribution in [0.3, 0.4) is 0 Å². The fourth-order valence-corrected chi connectivity index (χ4v) is 2.95. The molecule has 0 spiro atoms. The van der Waals surface area contributed by atoms with Crippen LogP contribution in [0.25, 0.3) is 0 Å². The first-order valence-corrected chi connectivity index (χ1v) is 7.27. The maximum atomic E-state index is 12.2. The normalized spacial score (nSPS) is 17.4. The number of hydrogen-bond acceptors (Lipinski definition) is 3. The number of nitrogens with two attached hydrogens (primary N) is 1. The van der Waals surface area contributed by atoms with Gasteiger partial charge in [-0.3, -0.25) is 9.59 Å². The van der Waals surface area contributed by atoms with E-state index in [-0.39, 0.29) is 27.9 Å². The molecule has 2 rings (SSSR count). The average Bonchev–Trinajstić information content (AvgIpc) is 2.45. The van der Waals surface area contributed by atoms with Crippen molar-refractivity contribution in [3.8, 4) is 0 Å². The summed E-state index contributed by atoms with van der Waals surface area (Å²) in [5, 5.41) is 2.82. The molecule has 0 saturated heterocycles. The summed E-state index contributed by atoms with van der Waals surface area (Å²) in [5.41, 5.74) is 5.54. The molecule has 1 aromatic rings. The lowest BCUT2D eigenvalue weighted by atomic mass is 9.83. The second-order valence-corrected chi connectivity index (χ2v) is 5.65. The number of nitrogens with one attached hydrogen (secondary N) is 2. The van der Waals surface area contributed by atoms with E-state index >= 15 is 0 Å². The molecule has 0 aliphatic heterocycles. The second kappa shape index (κ2) is 6.65. The van der Waals surface area contributed by atoms with Gasteiger partial charge >= 0.3 is 0 Å². The quantitative estimate of drug-likeness (QED) is 0.731. The summed E-state index contributed by atoms with van der Waals surface area (Å²) in [4.78, 5) is 26.8. The fourth-order valence-electron chi connectivity index (χ4n) is 2.70. The van der Waals surface area contributed by atoms with Crippen LogP contribution in [-0.2, 0) is 0 Å². The topological polar surface area (TPSA) is 88.0 Å². The minimum atomic E-state index is -0.421. The van der Waals surface area contributed by atoms with Gasteiger partial charge in [0.05, 0.1) is 11.0 Å². The number of hydrogen-bond donors (Lipinski definition) is 3. The molecule has 1 aliphatic rings. The van der Waals surface area contributed by atoms with Crippen LogP contribution >= 0.6 is 12.2 Å². The van der Waals surface area contributed by atoms with Crippen molar-refractivity contribution < 1.29 is 4.79 Å². The first kappa shape index (κ1) is 14.7. The zero-order valence-corrected chi connectivity index (χ0v) is 12.0. The summed E-state index contributed by atoms with van der Waals surface area (Å²) < 4.78 is 0. The average molecular weight is 293 g/mol. The highest BCUT2D eigenvalue weighted by molar-refractivity contribution is 7.80. The SMILES string of the molecule is NC(=S)C(NC(=O)c1c[nH]ccc1=O)C1CCCCC1. The molecule has 20 heavy (non-hydrogen) atoms. The van der Waals surface area contributed by atoms with E-state index < -0.39 is 5.91 Å². The Morgan fingerprint density at radius 1 is 1.40 bits per heavy atom. The summed E-state index contributed by atoms with van der Waals surface area (Å²) in [7, 11) is 0. The number of amides is 1. The Balaban J connectivity index is 2.12. The van der Waals surface area contributed by atoms with Crippen molar-refractivity contribution in [1.82, 2.24) is 10.3 Å². The zero-order chi connectivity index (χ0) is 14.5. The molecular formula is C14H19N3O2S. The van der Waals surface area contributed by atoms with Crippen molar-refractivity contribution in [2.75, 3.05) is 0 Å². The standard InChI is InChI=1S/C14H19N3O2S/c15-13(20)12(9-4-2-1-3-5-9)17-14(19)10-8-16-7-6-11(10)18/h6-9,12H,1-5H2,(H2,15,20)(H,16,18)(H,17,19). The van der Waals surface area contributed by atoms with Crippen molar-refractivity contribution in [3.05, 3.63) is 34.2 Å². The molecule has 4 N–H and O–H groups in total. The molecular weight excluding hydrogens is 274 g/mol. The number of rotatable bonds is 4. The molecule has 1 saturated carbocycles. The van der Waals surface area contributed by atoms with Crippen LogP contribution in [0.5, 0.6) is 0 Å². The Kier molecular flexibility index (Phi) is 4.89. The van der Waals surface area contributed by atoms with E-state index in [1.807, 2.05) is 0 Å². The second-order valence-electron chi connectivity index (χ2n) is 5.17. The zero-order valence-electron chi connectivity index (χ0n) is 11.2. The summed E-state index contributed by atoms with van der Waals surface area (Å²) in [6.07, 6.45) is 8.38. The largest absolute Gasteiger partial charge is 0.392 e. The monoisotopic (exact) mass is 293 g/mol. The van der Waals surface area contributed by atoms with E-state index in [0.717, 1.165) is 25.7 Å². The van der Waals surface area contributed by atoms with Crippen LogP contribution < -0.4 is 16.5 Å². The molecule has 0 radical (unpaired) electrons. The van der Waals surface area contributed by atoms with Crippen molar-refractivity contribution >= 4 is 23.1 Å².